The molecule has 0 aliphatic carbocycles. The highest BCUT2D eigenvalue weighted by molar-refractivity contribution is 6.30. The van der Waals surface area contributed by atoms with E-state index in [9.17, 15) is 0 Å². The molecule has 2 aromatic heterocycles. The molecule has 0 saturated heterocycles. The van der Waals surface area contributed by atoms with Crippen LogP contribution in [-0.2, 0) is 6.42 Å². The average molecular weight is 357 g/mol. The SMILES string of the molecule is CN=C(NCCc1nnc2ccccn12)NC(C)c1ccc(Cl)cc1. The van der Waals surface area contributed by atoms with Crippen LogP contribution in [0.4, 0.5) is 0 Å². The van der Waals surface area contributed by atoms with Gasteiger partial charge >= 0.3 is 0 Å². The molecule has 25 heavy (non-hydrogen) atoms. The Hall–Kier alpha value is -2.60. The lowest BCUT2D eigenvalue weighted by molar-refractivity contribution is 0.679. The zero-order chi connectivity index (χ0) is 17.6. The zero-order valence-electron chi connectivity index (χ0n) is 14.3. The van der Waals surface area contributed by atoms with E-state index in [1.54, 1.807) is 7.05 Å². The van der Waals surface area contributed by atoms with Crippen molar-refractivity contribution < 1.29 is 0 Å². The Morgan fingerprint density at radius 2 is 2.00 bits per heavy atom. The molecule has 0 aliphatic heterocycles. The van der Waals surface area contributed by atoms with Gasteiger partial charge in [0.2, 0.25) is 0 Å². The number of aliphatic imine (C=N–C) groups is 1. The number of nitrogens with one attached hydrogen (secondary N) is 2. The molecule has 1 aromatic carbocycles. The molecular formula is C18H21ClN6. The Bertz CT molecular complexity index is 855. The van der Waals surface area contributed by atoms with Gasteiger partial charge in [0.15, 0.2) is 11.6 Å². The Labute approximate surface area is 152 Å². The first-order valence-electron chi connectivity index (χ1n) is 8.18. The standard InChI is InChI=1S/C18H21ClN6/c1-13(14-6-8-15(19)9-7-14)22-18(20-2)21-11-10-17-24-23-16-5-3-4-12-25(16)17/h3-9,12-13H,10-11H2,1-2H3,(H2,20,21,22). The van der Waals surface area contributed by atoms with Crippen LogP contribution in [0.15, 0.2) is 53.7 Å². The van der Waals surface area contributed by atoms with E-state index < -0.39 is 0 Å². The lowest BCUT2D eigenvalue weighted by Gasteiger charge is -2.18. The summed E-state index contributed by atoms with van der Waals surface area (Å²) in [7, 11) is 1.76. The van der Waals surface area contributed by atoms with E-state index in [2.05, 4.69) is 32.7 Å². The van der Waals surface area contributed by atoms with Crippen molar-refractivity contribution in [3.05, 3.63) is 65.1 Å². The minimum atomic E-state index is 0.123. The summed E-state index contributed by atoms with van der Waals surface area (Å²) in [4.78, 5) is 4.28. The van der Waals surface area contributed by atoms with Crippen LogP contribution in [0.1, 0.15) is 24.4 Å². The number of guanidine groups is 1. The molecule has 0 radical (unpaired) electrons. The van der Waals surface area contributed by atoms with Gasteiger partial charge in [-0.15, -0.1) is 10.2 Å². The maximum atomic E-state index is 5.94. The molecule has 7 heteroatoms. The van der Waals surface area contributed by atoms with Gasteiger partial charge in [0.1, 0.15) is 5.82 Å². The van der Waals surface area contributed by atoms with Gasteiger partial charge < -0.3 is 10.6 Å². The van der Waals surface area contributed by atoms with E-state index in [0.29, 0.717) is 6.54 Å². The van der Waals surface area contributed by atoms with Crippen LogP contribution >= 0.6 is 11.6 Å². The Kier molecular flexibility index (Phi) is 5.50. The number of pyridine rings is 1. The molecule has 0 amide bonds. The van der Waals surface area contributed by atoms with Gasteiger partial charge in [-0.3, -0.25) is 9.39 Å². The quantitative estimate of drug-likeness (QED) is 0.545. The fraction of sp³-hybridized carbons (Fsp3) is 0.278. The van der Waals surface area contributed by atoms with E-state index in [-0.39, 0.29) is 6.04 Å². The van der Waals surface area contributed by atoms with Crippen LogP contribution in [-0.4, -0.2) is 34.2 Å². The monoisotopic (exact) mass is 356 g/mol. The molecule has 0 spiro atoms. The first-order valence-corrected chi connectivity index (χ1v) is 8.56. The summed E-state index contributed by atoms with van der Waals surface area (Å²) in [6.07, 6.45) is 2.72. The molecule has 3 rings (SSSR count). The van der Waals surface area contributed by atoms with E-state index in [0.717, 1.165) is 34.4 Å². The second kappa shape index (κ2) is 7.98. The zero-order valence-corrected chi connectivity index (χ0v) is 15.0. The molecule has 3 aromatic rings. The number of halogens is 1. The normalized spacial score (nSPS) is 13.0. The average Bonchev–Trinajstić information content (AvgIpc) is 3.04. The maximum Gasteiger partial charge on any atom is 0.191 e. The molecule has 6 nitrogen and oxygen atoms in total. The van der Waals surface area contributed by atoms with Crippen molar-refractivity contribution >= 4 is 23.2 Å². The first kappa shape index (κ1) is 17.2. The summed E-state index contributed by atoms with van der Waals surface area (Å²) in [5.74, 6) is 1.67. The summed E-state index contributed by atoms with van der Waals surface area (Å²) < 4.78 is 1.99. The summed E-state index contributed by atoms with van der Waals surface area (Å²) in [6.45, 7) is 2.80. The molecule has 2 heterocycles. The van der Waals surface area contributed by atoms with Gasteiger partial charge in [0, 0.05) is 31.2 Å². The summed E-state index contributed by atoms with van der Waals surface area (Å²) in [5.41, 5.74) is 2.01. The fourth-order valence-corrected chi connectivity index (χ4v) is 2.71. The minimum absolute atomic E-state index is 0.123. The third-order valence-corrected chi connectivity index (χ3v) is 4.22. The van der Waals surface area contributed by atoms with Gasteiger partial charge in [-0.25, -0.2) is 0 Å². The predicted molar refractivity (Wildman–Crippen MR) is 101 cm³/mol. The predicted octanol–water partition coefficient (Wildman–Crippen LogP) is 2.85. The van der Waals surface area contributed by atoms with Crippen LogP contribution in [0.25, 0.3) is 5.65 Å². The minimum Gasteiger partial charge on any atom is -0.356 e. The van der Waals surface area contributed by atoms with Crippen molar-refractivity contribution in [1.82, 2.24) is 25.2 Å². The highest BCUT2D eigenvalue weighted by Gasteiger charge is 2.09. The first-order chi connectivity index (χ1) is 12.2. The number of hydrogen-bond donors (Lipinski definition) is 2. The van der Waals surface area contributed by atoms with E-state index in [4.69, 9.17) is 11.6 Å². The highest BCUT2D eigenvalue weighted by Crippen LogP contribution is 2.15. The maximum absolute atomic E-state index is 5.94. The summed E-state index contributed by atoms with van der Waals surface area (Å²) >= 11 is 5.94. The van der Waals surface area contributed by atoms with Crippen LogP contribution in [0.5, 0.6) is 0 Å². The van der Waals surface area contributed by atoms with Crippen molar-refractivity contribution in [2.75, 3.05) is 13.6 Å². The molecule has 1 unspecified atom stereocenters. The fourth-order valence-electron chi connectivity index (χ4n) is 2.59. The highest BCUT2D eigenvalue weighted by atomic mass is 35.5. The number of fused-ring (bicyclic) bond motifs is 1. The van der Waals surface area contributed by atoms with Gasteiger partial charge in [-0.1, -0.05) is 29.8 Å². The van der Waals surface area contributed by atoms with Crippen molar-refractivity contribution in [1.29, 1.82) is 0 Å². The van der Waals surface area contributed by atoms with Crippen molar-refractivity contribution in [3.8, 4) is 0 Å². The van der Waals surface area contributed by atoms with Crippen LogP contribution in [0, 0.1) is 0 Å². The summed E-state index contributed by atoms with van der Waals surface area (Å²) in [6, 6.07) is 13.8. The molecule has 130 valence electrons. The van der Waals surface area contributed by atoms with Gasteiger partial charge in [-0.2, -0.15) is 0 Å². The van der Waals surface area contributed by atoms with E-state index in [1.807, 2.05) is 53.1 Å². The number of benzene rings is 1. The lowest BCUT2D eigenvalue weighted by atomic mass is 10.1. The molecule has 0 fully saturated rings. The Morgan fingerprint density at radius 1 is 1.20 bits per heavy atom. The van der Waals surface area contributed by atoms with Crippen molar-refractivity contribution in [3.63, 3.8) is 0 Å². The van der Waals surface area contributed by atoms with Crippen molar-refractivity contribution in [2.45, 2.75) is 19.4 Å². The second-order valence-electron chi connectivity index (χ2n) is 5.71. The molecule has 2 N–H and O–H groups in total. The largest absolute Gasteiger partial charge is 0.356 e. The van der Waals surface area contributed by atoms with E-state index >= 15 is 0 Å². The molecule has 0 aliphatic rings. The van der Waals surface area contributed by atoms with Gasteiger partial charge in [-0.05, 0) is 36.8 Å². The van der Waals surface area contributed by atoms with Crippen LogP contribution in [0.2, 0.25) is 5.02 Å². The summed E-state index contributed by atoms with van der Waals surface area (Å²) in [5, 5.41) is 15.8. The van der Waals surface area contributed by atoms with Gasteiger partial charge in [0.25, 0.3) is 0 Å². The number of rotatable bonds is 5. The smallest absolute Gasteiger partial charge is 0.191 e. The van der Waals surface area contributed by atoms with Crippen LogP contribution < -0.4 is 10.6 Å². The number of aromatic nitrogens is 3. The lowest BCUT2D eigenvalue weighted by Crippen LogP contribution is -2.39. The topological polar surface area (TPSA) is 66.6 Å². The molecule has 1 atom stereocenters. The molecule has 0 bridgehead atoms. The third-order valence-electron chi connectivity index (χ3n) is 3.97. The van der Waals surface area contributed by atoms with E-state index in [1.165, 1.54) is 0 Å². The Morgan fingerprint density at radius 3 is 2.76 bits per heavy atom. The molecule has 0 saturated carbocycles. The van der Waals surface area contributed by atoms with Gasteiger partial charge in [0.05, 0.1) is 6.04 Å². The molecular weight excluding hydrogens is 336 g/mol. The third kappa shape index (κ3) is 4.28. The number of nitrogens with zero attached hydrogens (tertiary/aromatic N) is 4. The number of hydrogen-bond acceptors (Lipinski definition) is 3. The van der Waals surface area contributed by atoms with Crippen LogP contribution in [0.3, 0.4) is 0 Å². The van der Waals surface area contributed by atoms with Crippen molar-refractivity contribution in [2.24, 2.45) is 4.99 Å². The Balaban J connectivity index is 1.55. The second-order valence-corrected chi connectivity index (χ2v) is 6.15.